The molecule has 0 unspecified atom stereocenters. The summed E-state index contributed by atoms with van der Waals surface area (Å²) in [5.74, 6) is -0.133. The number of thiophene rings is 1. The minimum absolute atomic E-state index is 0.0205. The van der Waals surface area contributed by atoms with Crippen molar-refractivity contribution in [1.82, 2.24) is 4.90 Å². The first-order valence-electron chi connectivity index (χ1n) is 8.01. The van der Waals surface area contributed by atoms with Gasteiger partial charge >= 0.3 is 0 Å². The number of fused-ring (bicyclic) bond motifs is 1. The van der Waals surface area contributed by atoms with E-state index in [2.05, 4.69) is 33.9 Å². The first-order valence-corrected chi connectivity index (χ1v) is 8.88. The molecule has 2 amide bonds. The molecule has 1 aliphatic rings. The Kier molecular flexibility index (Phi) is 4.97. The van der Waals surface area contributed by atoms with Crippen molar-refractivity contribution in [3.05, 3.63) is 46.2 Å². The number of carbonyl (C=O) groups is 2. The van der Waals surface area contributed by atoms with Crippen LogP contribution in [0.15, 0.2) is 35.7 Å². The number of hydrogen-bond donors (Lipinski definition) is 2. The number of anilines is 2. The molecule has 1 aromatic heterocycles. The van der Waals surface area contributed by atoms with E-state index >= 15 is 0 Å². The fraction of sp³-hybridized carbons (Fsp3) is 0.333. The topological polar surface area (TPSA) is 61.4 Å². The van der Waals surface area contributed by atoms with E-state index in [0.717, 1.165) is 24.3 Å². The molecule has 0 saturated carbocycles. The van der Waals surface area contributed by atoms with E-state index in [-0.39, 0.29) is 17.9 Å². The molecular formula is C18H21N3O2S. The molecule has 1 atom stereocenters. The quantitative estimate of drug-likeness (QED) is 0.896. The largest absolute Gasteiger partial charge is 0.326 e. The highest BCUT2D eigenvalue weighted by Crippen LogP contribution is 2.32. The van der Waals surface area contributed by atoms with Gasteiger partial charge in [-0.3, -0.25) is 14.5 Å². The molecule has 0 spiro atoms. The van der Waals surface area contributed by atoms with Gasteiger partial charge in [-0.15, -0.1) is 11.3 Å². The lowest BCUT2D eigenvalue weighted by Crippen LogP contribution is -2.39. The minimum atomic E-state index is -0.112. The van der Waals surface area contributed by atoms with Crippen LogP contribution in [0.2, 0.25) is 0 Å². The minimum Gasteiger partial charge on any atom is -0.326 e. The van der Waals surface area contributed by atoms with Crippen LogP contribution < -0.4 is 10.6 Å². The second-order valence-corrected chi connectivity index (χ2v) is 7.00. The summed E-state index contributed by atoms with van der Waals surface area (Å²) >= 11 is 1.80. The number of amides is 2. The van der Waals surface area contributed by atoms with E-state index < -0.39 is 0 Å². The molecule has 2 aromatic rings. The SMILES string of the molecule is CC(=O)Nc1ccc(NC(=O)CN2CCc3sccc3[C@H]2C)cc1. The summed E-state index contributed by atoms with van der Waals surface area (Å²) in [7, 11) is 0. The van der Waals surface area contributed by atoms with Crippen molar-refractivity contribution in [2.45, 2.75) is 26.3 Å². The maximum Gasteiger partial charge on any atom is 0.238 e. The lowest BCUT2D eigenvalue weighted by molar-refractivity contribution is -0.118. The summed E-state index contributed by atoms with van der Waals surface area (Å²) in [6, 6.07) is 9.57. The van der Waals surface area contributed by atoms with Crippen LogP contribution in [0.1, 0.15) is 30.3 Å². The van der Waals surface area contributed by atoms with Crippen LogP contribution in [0.25, 0.3) is 0 Å². The van der Waals surface area contributed by atoms with Gasteiger partial charge in [0.15, 0.2) is 0 Å². The molecule has 126 valence electrons. The van der Waals surface area contributed by atoms with Gasteiger partial charge < -0.3 is 10.6 Å². The molecule has 5 nitrogen and oxygen atoms in total. The zero-order valence-corrected chi connectivity index (χ0v) is 14.7. The second kappa shape index (κ2) is 7.15. The number of hydrogen-bond acceptors (Lipinski definition) is 4. The summed E-state index contributed by atoms with van der Waals surface area (Å²) in [6.45, 7) is 4.90. The molecule has 1 aromatic carbocycles. The number of rotatable bonds is 4. The second-order valence-electron chi connectivity index (χ2n) is 6.00. The van der Waals surface area contributed by atoms with Crippen molar-refractivity contribution in [1.29, 1.82) is 0 Å². The van der Waals surface area contributed by atoms with Gasteiger partial charge in [0.25, 0.3) is 0 Å². The first kappa shape index (κ1) is 16.7. The Bertz CT molecular complexity index is 739. The van der Waals surface area contributed by atoms with Gasteiger partial charge in [-0.05, 0) is 54.6 Å². The molecule has 2 N–H and O–H groups in total. The lowest BCUT2D eigenvalue weighted by Gasteiger charge is -2.32. The standard InChI is InChI=1S/C18H21N3O2S/c1-12-16-8-10-24-17(16)7-9-21(12)11-18(23)20-15-5-3-14(4-6-15)19-13(2)22/h3-6,8,10,12H,7,9,11H2,1-2H3,(H,19,22)(H,20,23)/t12-/m1/s1. The Hall–Kier alpha value is -2.18. The molecule has 0 aliphatic carbocycles. The molecule has 0 saturated heterocycles. The van der Waals surface area contributed by atoms with Gasteiger partial charge in [0.1, 0.15) is 0 Å². The Morgan fingerprint density at radius 1 is 1.17 bits per heavy atom. The van der Waals surface area contributed by atoms with E-state index in [0.29, 0.717) is 6.54 Å². The van der Waals surface area contributed by atoms with Crippen molar-refractivity contribution >= 4 is 34.5 Å². The Morgan fingerprint density at radius 3 is 2.50 bits per heavy atom. The molecular weight excluding hydrogens is 322 g/mol. The predicted octanol–water partition coefficient (Wildman–Crippen LogP) is 3.26. The Morgan fingerprint density at radius 2 is 1.83 bits per heavy atom. The average molecular weight is 343 g/mol. The summed E-state index contributed by atoms with van der Waals surface area (Å²) in [4.78, 5) is 27.0. The number of nitrogens with one attached hydrogen (secondary N) is 2. The number of benzene rings is 1. The van der Waals surface area contributed by atoms with Crippen molar-refractivity contribution in [3.8, 4) is 0 Å². The zero-order chi connectivity index (χ0) is 17.1. The van der Waals surface area contributed by atoms with Crippen LogP contribution >= 0.6 is 11.3 Å². The van der Waals surface area contributed by atoms with Crippen LogP contribution in [0.3, 0.4) is 0 Å². The third kappa shape index (κ3) is 3.83. The summed E-state index contributed by atoms with van der Waals surface area (Å²) < 4.78 is 0. The molecule has 2 heterocycles. The summed E-state index contributed by atoms with van der Waals surface area (Å²) in [5.41, 5.74) is 2.80. The maximum absolute atomic E-state index is 12.3. The van der Waals surface area contributed by atoms with Crippen LogP contribution in [0, 0.1) is 0 Å². The van der Waals surface area contributed by atoms with E-state index in [1.807, 2.05) is 0 Å². The van der Waals surface area contributed by atoms with Gasteiger partial charge in [0.2, 0.25) is 11.8 Å². The summed E-state index contributed by atoms with van der Waals surface area (Å²) in [5, 5.41) is 7.75. The van der Waals surface area contributed by atoms with E-state index in [1.165, 1.54) is 17.4 Å². The van der Waals surface area contributed by atoms with Crippen LogP contribution in [0.5, 0.6) is 0 Å². The van der Waals surface area contributed by atoms with Crippen LogP contribution in [-0.2, 0) is 16.0 Å². The normalized spacial score (nSPS) is 17.2. The maximum atomic E-state index is 12.3. The van der Waals surface area contributed by atoms with Gasteiger partial charge in [-0.25, -0.2) is 0 Å². The highest BCUT2D eigenvalue weighted by molar-refractivity contribution is 7.10. The highest BCUT2D eigenvalue weighted by Gasteiger charge is 2.26. The molecule has 0 fully saturated rings. The van der Waals surface area contributed by atoms with Crippen LogP contribution in [0.4, 0.5) is 11.4 Å². The monoisotopic (exact) mass is 343 g/mol. The lowest BCUT2D eigenvalue weighted by atomic mass is 10.0. The average Bonchev–Trinajstić information content (AvgIpc) is 3.01. The summed E-state index contributed by atoms with van der Waals surface area (Å²) in [6.07, 6.45) is 1.01. The fourth-order valence-corrected chi connectivity index (χ4v) is 3.97. The van der Waals surface area contributed by atoms with Crippen molar-refractivity contribution in [2.75, 3.05) is 23.7 Å². The van der Waals surface area contributed by atoms with E-state index in [1.54, 1.807) is 35.6 Å². The molecule has 3 rings (SSSR count). The zero-order valence-electron chi connectivity index (χ0n) is 13.8. The molecule has 24 heavy (non-hydrogen) atoms. The molecule has 1 aliphatic heterocycles. The molecule has 0 radical (unpaired) electrons. The van der Waals surface area contributed by atoms with Gasteiger partial charge in [-0.1, -0.05) is 0 Å². The van der Waals surface area contributed by atoms with Crippen molar-refractivity contribution in [3.63, 3.8) is 0 Å². The predicted molar refractivity (Wildman–Crippen MR) is 97.4 cm³/mol. The number of carbonyl (C=O) groups excluding carboxylic acids is 2. The first-order chi connectivity index (χ1) is 11.5. The molecule has 6 heteroatoms. The van der Waals surface area contributed by atoms with Crippen molar-refractivity contribution < 1.29 is 9.59 Å². The van der Waals surface area contributed by atoms with Crippen LogP contribution in [-0.4, -0.2) is 29.8 Å². The van der Waals surface area contributed by atoms with Crippen molar-refractivity contribution in [2.24, 2.45) is 0 Å². The fourth-order valence-electron chi connectivity index (χ4n) is 3.00. The Labute approximate surface area is 145 Å². The third-order valence-corrected chi connectivity index (χ3v) is 5.24. The van der Waals surface area contributed by atoms with E-state index in [4.69, 9.17) is 0 Å². The third-order valence-electron chi connectivity index (χ3n) is 4.24. The highest BCUT2D eigenvalue weighted by atomic mass is 32.1. The number of nitrogens with zero attached hydrogens (tertiary/aromatic N) is 1. The van der Waals surface area contributed by atoms with Gasteiger partial charge in [-0.2, -0.15) is 0 Å². The Balaban J connectivity index is 1.57. The van der Waals surface area contributed by atoms with E-state index in [9.17, 15) is 9.59 Å². The van der Waals surface area contributed by atoms with Gasteiger partial charge in [0.05, 0.1) is 6.54 Å². The molecule has 0 bridgehead atoms. The van der Waals surface area contributed by atoms with Gasteiger partial charge in [0, 0.05) is 35.8 Å². The smallest absolute Gasteiger partial charge is 0.238 e.